The Labute approximate surface area is 254 Å². The maximum Gasteiger partial charge on any atom is 0.356 e. The molecule has 44 heavy (non-hydrogen) atoms. The Hall–Kier alpha value is -4.75. The summed E-state index contributed by atoms with van der Waals surface area (Å²) in [6.07, 6.45) is 1.58. The number of anilines is 2. The Morgan fingerprint density at radius 1 is 1.07 bits per heavy atom. The average molecular weight is 628 g/mol. The summed E-state index contributed by atoms with van der Waals surface area (Å²) >= 11 is 5.71. The highest BCUT2D eigenvalue weighted by molar-refractivity contribution is 6.30. The quantitative estimate of drug-likeness (QED) is 0.212. The van der Waals surface area contributed by atoms with Crippen molar-refractivity contribution >= 4 is 35.0 Å². The molecule has 10 nitrogen and oxygen atoms in total. The van der Waals surface area contributed by atoms with Gasteiger partial charge in [-0.2, -0.15) is 0 Å². The van der Waals surface area contributed by atoms with Crippen molar-refractivity contribution in [1.82, 2.24) is 15.0 Å². The zero-order valence-corrected chi connectivity index (χ0v) is 24.0. The average Bonchev–Trinajstić information content (AvgIpc) is 2.98. The van der Waals surface area contributed by atoms with Crippen LogP contribution in [0.3, 0.4) is 0 Å². The molecule has 0 unspecified atom stereocenters. The molecule has 0 bridgehead atoms. The van der Waals surface area contributed by atoms with Crippen LogP contribution in [0.25, 0.3) is 11.3 Å². The molecule has 1 aromatic carbocycles. The van der Waals surface area contributed by atoms with Gasteiger partial charge in [-0.3, -0.25) is 9.78 Å². The van der Waals surface area contributed by atoms with Gasteiger partial charge in [-0.15, -0.1) is 0 Å². The first kappa shape index (κ1) is 30.7. The third kappa shape index (κ3) is 7.41. The Balaban J connectivity index is 1.28. The molecule has 0 saturated carbocycles. The summed E-state index contributed by atoms with van der Waals surface area (Å²) in [5.74, 6) is -3.41. The van der Waals surface area contributed by atoms with Crippen LogP contribution in [-0.4, -0.2) is 53.2 Å². The van der Waals surface area contributed by atoms with E-state index < -0.39 is 35.7 Å². The molecular formula is C30H25ClF3N5O5. The van der Waals surface area contributed by atoms with E-state index in [1.54, 1.807) is 0 Å². The molecule has 1 aliphatic heterocycles. The number of ether oxygens (including phenoxy) is 3. The molecular weight excluding hydrogens is 603 g/mol. The first-order valence-corrected chi connectivity index (χ1v) is 13.7. The lowest BCUT2D eigenvalue weighted by atomic mass is 10.0. The van der Waals surface area contributed by atoms with E-state index in [0.717, 1.165) is 24.6 Å². The van der Waals surface area contributed by atoms with Crippen LogP contribution in [0.15, 0.2) is 54.7 Å². The van der Waals surface area contributed by atoms with Gasteiger partial charge in [0.25, 0.3) is 0 Å². The van der Waals surface area contributed by atoms with E-state index in [4.69, 9.17) is 25.8 Å². The highest BCUT2D eigenvalue weighted by Gasteiger charge is 2.21. The van der Waals surface area contributed by atoms with Gasteiger partial charge in [-0.05, 0) is 42.8 Å². The molecule has 2 N–H and O–H groups in total. The Morgan fingerprint density at radius 3 is 2.61 bits per heavy atom. The van der Waals surface area contributed by atoms with Crippen LogP contribution >= 0.6 is 11.6 Å². The van der Waals surface area contributed by atoms with Crippen LogP contribution in [0.2, 0.25) is 5.02 Å². The Kier molecular flexibility index (Phi) is 9.56. The van der Waals surface area contributed by atoms with Gasteiger partial charge in [-0.25, -0.2) is 27.9 Å². The smallest absolute Gasteiger partial charge is 0.356 e. The fourth-order valence-corrected chi connectivity index (χ4v) is 4.34. The number of methoxy groups -OCH3 is 1. The van der Waals surface area contributed by atoms with E-state index in [-0.39, 0.29) is 63.3 Å². The van der Waals surface area contributed by atoms with Crippen molar-refractivity contribution in [3.63, 3.8) is 0 Å². The van der Waals surface area contributed by atoms with E-state index >= 15 is 8.78 Å². The molecule has 0 aliphatic carbocycles. The van der Waals surface area contributed by atoms with Crippen molar-refractivity contribution in [1.29, 1.82) is 0 Å². The van der Waals surface area contributed by atoms with Gasteiger partial charge in [0.2, 0.25) is 11.8 Å². The molecule has 1 fully saturated rings. The Morgan fingerprint density at radius 2 is 1.89 bits per heavy atom. The summed E-state index contributed by atoms with van der Waals surface area (Å²) in [7, 11) is 1.22. The number of benzene rings is 1. The van der Waals surface area contributed by atoms with Crippen molar-refractivity contribution in [2.75, 3.05) is 30.9 Å². The highest BCUT2D eigenvalue weighted by atomic mass is 35.5. The molecule has 4 heterocycles. The van der Waals surface area contributed by atoms with Crippen molar-refractivity contribution < 1.29 is 37.0 Å². The first-order valence-electron chi connectivity index (χ1n) is 13.3. The molecule has 228 valence electrons. The SMILES string of the molecule is COC(=O)c1ccc(NC(=O)Cc2cc(F)c(-c3cccc(OCc4ncc(Cl)cc4F)n3)cc2F)c(NC[C@@H]2CCO2)n1. The fraction of sp³-hybridized carbons (Fsp3) is 0.233. The summed E-state index contributed by atoms with van der Waals surface area (Å²) in [5.41, 5.74) is -0.0660. The molecule has 3 aromatic heterocycles. The summed E-state index contributed by atoms with van der Waals surface area (Å²) in [6.45, 7) is 0.763. The number of hydrogen-bond donors (Lipinski definition) is 2. The van der Waals surface area contributed by atoms with Gasteiger partial charge >= 0.3 is 5.97 Å². The van der Waals surface area contributed by atoms with Gasteiger partial charge in [0.15, 0.2) is 11.5 Å². The van der Waals surface area contributed by atoms with E-state index in [0.29, 0.717) is 13.2 Å². The number of halogens is 4. The van der Waals surface area contributed by atoms with Crippen LogP contribution in [0.5, 0.6) is 5.88 Å². The van der Waals surface area contributed by atoms with Crippen LogP contribution in [0, 0.1) is 17.5 Å². The predicted octanol–water partition coefficient (Wildman–Crippen LogP) is 5.36. The number of nitrogens with zero attached hydrogens (tertiary/aromatic N) is 3. The van der Waals surface area contributed by atoms with E-state index in [2.05, 4.69) is 25.6 Å². The van der Waals surface area contributed by atoms with Gasteiger partial charge in [0.1, 0.15) is 29.8 Å². The summed E-state index contributed by atoms with van der Waals surface area (Å²) in [4.78, 5) is 37.1. The second kappa shape index (κ2) is 13.7. The summed E-state index contributed by atoms with van der Waals surface area (Å²) in [5, 5.41) is 5.80. The first-order chi connectivity index (χ1) is 21.2. The lowest BCUT2D eigenvalue weighted by molar-refractivity contribution is -0.115. The third-order valence-electron chi connectivity index (χ3n) is 6.58. The number of pyridine rings is 3. The topological polar surface area (TPSA) is 125 Å². The largest absolute Gasteiger partial charge is 0.471 e. The minimum atomic E-state index is -0.836. The van der Waals surface area contributed by atoms with Crippen LogP contribution < -0.4 is 15.4 Å². The Bertz CT molecular complexity index is 1710. The maximum absolute atomic E-state index is 15.2. The third-order valence-corrected chi connectivity index (χ3v) is 6.79. The van der Waals surface area contributed by atoms with Crippen molar-refractivity contribution in [2.24, 2.45) is 0 Å². The van der Waals surface area contributed by atoms with E-state index in [9.17, 15) is 14.0 Å². The summed E-state index contributed by atoms with van der Waals surface area (Å²) < 4.78 is 59.9. The number of nitrogens with one attached hydrogen (secondary N) is 2. The number of esters is 1. The van der Waals surface area contributed by atoms with Gasteiger partial charge in [0, 0.05) is 36.5 Å². The van der Waals surface area contributed by atoms with Crippen LogP contribution in [0.4, 0.5) is 24.7 Å². The standard InChI is InChI=1S/C30H25ClF3N5O5/c1-42-30(41)25-6-5-24(29(39-25)36-14-18-7-8-43-18)37-27(40)10-16-9-21(33)19(12-20(16)32)23-3-2-4-28(38-23)44-15-26-22(34)11-17(31)13-35-26/h2-6,9,11-13,18H,7-8,10,14-15H2,1H3,(H,36,39)(H,37,40)/t18-/m0/s1. The highest BCUT2D eigenvalue weighted by Crippen LogP contribution is 2.27. The second-order valence-electron chi connectivity index (χ2n) is 9.63. The monoisotopic (exact) mass is 627 g/mol. The van der Waals surface area contributed by atoms with Crippen molar-refractivity contribution in [3.8, 4) is 17.1 Å². The van der Waals surface area contributed by atoms with Gasteiger partial charge in [-0.1, -0.05) is 17.7 Å². The molecule has 4 aromatic rings. The van der Waals surface area contributed by atoms with Gasteiger partial charge < -0.3 is 24.8 Å². The molecule has 1 atom stereocenters. The number of amides is 1. The van der Waals surface area contributed by atoms with Gasteiger partial charge in [0.05, 0.1) is 36.0 Å². The number of aromatic nitrogens is 3. The minimum Gasteiger partial charge on any atom is -0.471 e. The van der Waals surface area contributed by atoms with Crippen molar-refractivity contribution in [3.05, 3.63) is 94.2 Å². The predicted molar refractivity (Wildman–Crippen MR) is 154 cm³/mol. The number of carbonyl (C=O) groups is 2. The minimum absolute atomic E-state index is 0.00747. The zero-order chi connectivity index (χ0) is 31.2. The summed E-state index contributed by atoms with van der Waals surface area (Å²) in [6, 6.07) is 10.2. The van der Waals surface area contributed by atoms with Crippen molar-refractivity contribution in [2.45, 2.75) is 25.6 Å². The molecule has 0 spiro atoms. The zero-order valence-electron chi connectivity index (χ0n) is 23.2. The lowest BCUT2D eigenvalue weighted by Gasteiger charge is -2.27. The molecule has 1 saturated heterocycles. The molecule has 14 heteroatoms. The number of rotatable bonds is 11. The van der Waals surface area contributed by atoms with E-state index in [1.807, 2.05) is 0 Å². The normalized spacial score (nSPS) is 14.0. The maximum atomic E-state index is 15.2. The second-order valence-corrected chi connectivity index (χ2v) is 10.1. The molecule has 1 aliphatic rings. The lowest BCUT2D eigenvalue weighted by Crippen LogP contribution is -2.34. The molecule has 1 amide bonds. The fourth-order valence-electron chi connectivity index (χ4n) is 4.19. The molecule has 0 radical (unpaired) electrons. The molecule has 5 rings (SSSR count). The number of hydrogen-bond acceptors (Lipinski definition) is 9. The van der Waals surface area contributed by atoms with Crippen LogP contribution in [-0.2, 0) is 27.3 Å². The van der Waals surface area contributed by atoms with Crippen LogP contribution in [0.1, 0.15) is 28.2 Å². The van der Waals surface area contributed by atoms with E-state index in [1.165, 1.54) is 43.6 Å². The number of carbonyl (C=O) groups excluding carboxylic acids is 2.